The van der Waals surface area contributed by atoms with Gasteiger partial charge < -0.3 is 14.8 Å². The van der Waals surface area contributed by atoms with Crippen LogP contribution in [0, 0.1) is 0 Å². The van der Waals surface area contributed by atoms with E-state index in [4.69, 9.17) is 0 Å². The van der Waals surface area contributed by atoms with E-state index >= 15 is 0 Å². The highest BCUT2D eigenvalue weighted by Gasteiger charge is 2.14. The van der Waals surface area contributed by atoms with Crippen LogP contribution in [0.1, 0.15) is 37.0 Å². The number of hydrogen-bond acceptors (Lipinski definition) is 3. The minimum absolute atomic E-state index is 0.000324. The van der Waals surface area contributed by atoms with Gasteiger partial charge >= 0.3 is 0 Å². The largest absolute Gasteiger partial charge is 0.339 e. The lowest BCUT2D eigenvalue weighted by molar-refractivity contribution is -0.116. The predicted molar refractivity (Wildman–Crippen MR) is 111 cm³/mol. The van der Waals surface area contributed by atoms with Gasteiger partial charge in [0.15, 0.2) is 0 Å². The first-order valence-electron chi connectivity index (χ1n) is 9.70. The van der Waals surface area contributed by atoms with Crippen LogP contribution in [-0.4, -0.2) is 39.4 Å². The van der Waals surface area contributed by atoms with E-state index in [-0.39, 0.29) is 18.4 Å². The number of imidazole rings is 1. The fourth-order valence-electron chi connectivity index (χ4n) is 3.31. The van der Waals surface area contributed by atoms with Gasteiger partial charge in [-0.1, -0.05) is 19.1 Å². The first kappa shape index (κ1) is 19.6. The Hall–Kier alpha value is -3.15. The summed E-state index contributed by atoms with van der Waals surface area (Å²) in [6, 6.07) is 14.9. The number of rotatable bonds is 7. The molecule has 6 nitrogen and oxygen atoms in total. The highest BCUT2D eigenvalue weighted by atomic mass is 16.2. The van der Waals surface area contributed by atoms with Crippen molar-refractivity contribution < 1.29 is 9.59 Å². The molecule has 28 heavy (non-hydrogen) atoms. The fraction of sp³-hybridized carbons (Fsp3) is 0.318. The van der Waals surface area contributed by atoms with Crippen LogP contribution in [0.5, 0.6) is 0 Å². The maximum atomic E-state index is 12.6. The smallest absolute Gasteiger partial charge is 0.253 e. The van der Waals surface area contributed by atoms with E-state index in [9.17, 15) is 9.59 Å². The van der Waals surface area contributed by atoms with Gasteiger partial charge in [0.05, 0.1) is 11.0 Å². The number of benzene rings is 2. The summed E-state index contributed by atoms with van der Waals surface area (Å²) in [6.07, 6.45) is 0.754. The topological polar surface area (TPSA) is 67.2 Å². The van der Waals surface area contributed by atoms with Crippen molar-refractivity contribution in [2.45, 2.75) is 33.7 Å². The summed E-state index contributed by atoms with van der Waals surface area (Å²) in [6.45, 7) is 7.49. The van der Waals surface area contributed by atoms with Crippen LogP contribution in [0.4, 0.5) is 5.69 Å². The Bertz CT molecular complexity index is 972. The van der Waals surface area contributed by atoms with Gasteiger partial charge in [0.1, 0.15) is 12.4 Å². The van der Waals surface area contributed by atoms with E-state index in [1.54, 1.807) is 29.2 Å². The summed E-state index contributed by atoms with van der Waals surface area (Å²) in [4.78, 5) is 31.3. The standard InChI is InChI=1S/C22H26N4O2/c1-4-20-24-18-9-7-8-10-19(18)26(20)15-21(27)23-17-13-11-16(12-14-17)22(28)25(5-2)6-3/h7-14H,4-6,15H2,1-3H3,(H,23,27). The molecule has 0 fully saturated rings. The highest BCUT2D eigenvalue weighted by Crippen LogP contribution is 2.17. The van der Waals surface area contributed by atoms with E-state index in [0.29, 0.717) is 24.3 Å². The number of hydrogen-bond donors (Lipinski definition) is 1. The van der Waals surface area contributed by atoms with Gasteiger partial charge in [-0.15, -0.1) is 0 Å². The maximum Gasteiger partial charge on any atom is 0.253 e. The number of anilines is 1. The van der Waals surface area contributed by atoms with E-state index in [2.05, 4.69) is 10.3 Å². The third kappa shape index (κ3) is 4.06. The summed E-state index contributed by atoms with van der Waals surface area (Å²) in [5.41, 5.74) is 3.14. The number of nitrogens with one attached hydrogen (secondary N) is 1. The Labute approximate surface area is 165 Å². The van der Waals surface area contributed by atoms with Crippen LogP contribution in [0.2, 0.25) is 0 Å². The molecular weight excluding hydrogens is 352 g/mol. The van der Waals surface area contributed by atoms with Crippen molar-refractivity contribution in [3.05, 3.63) is 59.9 Å². The van der Waals surface area contributed by atoms with E-state index in [1.165, 1.54) is 0 Å². The van der Waals surface area contributed by atoms with E-state index in [0.717, 1.165) is 23.3 Å². The quantitative estimate of drug-likeness (QED) is 0.681. The van der Waals surface area contributed by atoms with Crippen molar-refractivity contribution in [1.29, 1.82) is 0 Å². The van der Waals surface area contributed by atoms with Gasteiger partial charge in [0.25, 0.3) is 5.91 Å². The van der Waals surface area contributed by atoms with Crippen LogP contribution in [0.25, 0.3) is 11.0 Å². The Balaban J connectivity index is 1.71. The molecule has 0 unspecified atom stereocenters. The van der Waals surface area contributed by atoms with Crippen LogP contribution in [-0.2, 0) is 17.8 Å². The average Bonchev–Trinajstić information content (AvgIpc) is 3.07. The third-order valence-electron chi connectivity index (χ3n) is 4.82. The second-order valence-corrected chi connectivity index (χ2v) is 6.56. The third-order valence-corrected chi connectivity index (χ3v) is 4.82. The highest BCUT2D eigenvalue weighted by molar-refractivity contribution is 5.96. The zero-order chi connectivity index (χ0) is 20.1. The molecule has 0 aliphatic rings. The SMILES string of the molecule is CCc1nc2ccccc2n1CC(=O)Nc1ccc(C(=O)N(CC)CC)cc1. The molecule has 0 bridgehead atoms. The number of aromatic nitrogens is 2. The number of carbonyl (C=O) groups excluding carboxylic acids is 2. The molecule has 0 spiro atoms. The number of amides is 2. The number of fused-ring (bicyclic) bond motifs is 1. The first-order chi connectivity index (χ1) is 13.6. The van der Waals surface area contributed by atoms with Crippen LogP contribution in [0.3, 0.4) is 0 Å². The van der Waals surface area contributed by atoms with Gasteiger partial charge in [-0.2, -0.15) is 0 Å². The molecule has 3 rings (SSSR count). The van der Waals surface area contributed by atoms with Crippen molar-refractivity contribution in [2.75, 3.05) is 18.4 Å². The number of para-hydroxylation sites is 2. The van der Waals surface area contributed by atoms with Crippen molar-refractivity contribution in [2.24, 2.45) is 0 Å². The molecule has 1 aromatic heterocycles. The van der Waals surface area contributed by atoms with Gasteiger partial charge in [-0.05, 0) is 50.2 Å². The van der Waals surface area contributed by atoms with Crippen molar-refractivity contribution >= 4 is 28.5 Å². The molecular formula is C22H26N4O2. The number of carbonyl (C=O) groups is 2. The summed E-state index contributed by atoms with van der Waals surface area (Å²) < 4.78 is 1.95. The second-order valence-electron chi connectivity index (χ2n) is 6.56. The molecule has 0 saturated carbocycles. The zero-order valence-corrected chi connectivity index (χ0v) is 16.6. The molecule has 0 aliphatic carbocycles. The average molecular weight is 378 g/mol. The lowest BCUT2D eigenvalue weighted by Crippen LogP contribution is -2.30. The molecule has 0 saturated heterocycles. The molecule has 146 valence electrons. The molecule has 0 radical (unpaired) electrons. The van der Waals surface area contributed by atoms with Gasteiger partial charge in [-0.3, -0.25) is 9.59 Å². The first-order valence-corrected chi connectivity index (χ1v) is 9.70. The summed E-state index contributed by atoms with van der Waals surface area (Å²) in [5.74, 6) is 0.762. The van der Waals surface area contributed by atoms with E-state index in [1.807, 2.05) is 49.6 Å². The molecule has 1 N–H and O–H groups in total. The predicted octanol–water partition coefficient (Wildman–Crippen LogP) is 3.72. The Morgan fingerprint density at radius 2 is 1.68 bits per heavy atom. The molecule has 3 aromatic rings. The van der Waals surface area contributed by atoms with Crippen LogP contribution in [0.15, 0.2) is 48.5 Å². The van der Waals surface area contributed by atoms with Crippen LogP contribution >= 0.6 is 0 Å². The summed E-state index contributed by atoms with van der Waals surface area (Å²) >= 11 is 0. The second kappa shape index (κ2) is 8.69. The lowest BCUT2D eigenvalue weighted by atomic mass is 10.1. The molecule has 0 aliphatic heterocycles. The molecule has 1 heterocycles. The van der Waals surface area contributed by atoms with Gasteiger partial charge in [0.2, 0.25) is 5.91 Å². The number of aryl methyl sites for hydroxylation is 1. The maximum absolute atomic E-state index is 12.6. The fourth-order valence-corrected chi connectivity index (χ4v) is 3.31. The molecule has 0 atom stereocenters. The number of nitrogens with zero attached hydrogens (tertiary/aromatic N) is 3. The van der Waals surface area contributed by atoms with Gasteiger partial charge in [-0.25, -0.2) is 4.98 Å². The molecule has 6 heteroatoms. The molecule has 2 amide bonds. The van der Waals surface area contributed by atoms with Crippen molar-refractivity contribution in [3.63, 3.8) is 0 Å². The minimum atomic E-state index is -0.124. The van der Waals surface area contributed by atoms with E-state index < -0.39 is 0 Å². The molecule has 2 aromatic carbocycles. The van der Waals surface area contributed by atoms with Crippen LogP contribution < -0.4 is 5.32 Å². The normalized spacial score (nSPS) is 10.8. The Kier molecular flexibility index (Phi) is 6.09. The Morgan fingerprint density at radius 1 is 1.00 bits per heavy atom. The zero-order valence-electron chi connectivity index (χ0n) is 16.6. The van der Waals surface area contributed by atoms with Crippen molar-refractivity contribution in [1.82, 2.24) is 14.5 Å². The summed E-state index contributed by atoms with van der Waals surface area (Å²) in [7, 11) is 0. The Morgan fingerprint density at radius 3 is 2.32 bits per heavy atom. The monoisotopic (exact) mass is 378 g/mol. The summed E-state index contributed by atoms with van der Waals surface area (Å²) in [5, 5.41) is 2.91. The lowest BCUT2D eigenvalue weighted by Gasteiger charge is -2.18. The van der Waals surface area contributed by atoms with Crippen molar-refractivity contribution in [3.8, 4) is 0 Å². The van der Waals surface area contributed by atoms with Gasteiger partial charge in [0, 0.05) is 30.8 Å². The minimum Gasteiger partial charge on any atom is -0.339 e.